The molecule has 0 radical (unpaired) electrons. The molecule has 0 fully saturated rings. The third-order valence-electron chi connectivity index (χ3n) is 8.17. The van der Waals surface area contributed by atoms with Crippen LogP contribution in [0.1, 0.15) is 0 Å². The molecule has 0 unspecified atom stereocenters. The third-order valence-corrected chi connectivity index (χ3v) is 9.36. The van der Waals surface area contributed by atoms with Gasteiger partial charge in [0.15, 0.2) is 0 Å². The second kappa shape index (κ2) is 7.44. The van der Waals surface area contributed by atoms with Gasteiger partial charge in [-0.1, -0.05) is 103 Å². The maximum atomic E-state index is 2.49. The molecule has 7 aromatic carbocycles. The Bertz CT molecular complexity index is 2370. The van der Waals surface area contributed by atoms with Crippen LogP contribution in [0.3, 0.4) is 0 Å². The first kappa shape index (κ1) is 20.4. The Balaban J connectivity index is 1.48. The van der Waals surface area contributed by atoms with Crippen molar-refractivity contribution in [2.75, 3.05) is 0 Å². The summed E-state index contributed by atoms with van der Waals surface area (Å²) in [6, 6.07) is 46.9. The lowest BCUT2D eigenvalue weighted by Gasteiger charge is -2.14. The van der Waals surface area contributed by atoms with Gasteiger partial charge in [-0.15, -0.1) is 11.3 Å². The van der Waals surface area contributed by atoms with Gasteiger partial charge in [-0.05, 0) is 56.6 Å². The third kappa shape index (κ3) is 2.60. The Kier molecular flexibility index (Phi) is 3.99. The van der Waals surface area contributed by atoms with Crippen LogP contribution >= 0.6 is 11.3 Å². The van der Waals surface area contributed by atoms with E-state index < -0.39 is 0 Å². The highest BCUT2D eigenvalue weighted by Gasteiger charge is 2.18. The Morgan fingerprint density at radius 2 is 0.921 bits per heavy atom. The molecule has 38 heavy (non-hydrogen) atoms. The number of para-hydroxylation sites is 1. The van der Waals surface area contributed by atoms with Crippen LogP contribution in [0.4, 0.5) is 0 Å². The molecule has 2 heteroatoms. The normalized spacial score (nSPS) is 12.2. The zero-order valence-electron chi connectivity index (χ0n) is 20.5. The summed E-state index contributed by atoms with van der Waals surface area (Å²) in [5.74, 6) is 0. The van der Waals surface area contributed by atoms with Gasteiger partial charge in [-0.2, -0.15) is 0 Å². The molecule has 0 amide bonds. The molecule has 176 valence electrons. The lowest BCUT2D eigenvalue weighted by Crippen LogP contribution is -1.94. The van der Waals surface area contributed by atoms with Gasteiger partial charge in [0.25, 0.3) is 0 Å². The monoisotopic (exact) mass is 499 g/mol. The molecule has 0 atom stereocenters. The predicted molar refractivity (Wildman–Crippen MR) is 166 cm³/mol. The van der Waals surface area contributed by atoms with E-state index in [1.165, 1.54) is 80.0 Å². The quantitative estimate of drug-likeness (QED) is 0.198. The summed E-state index contributed by atoms with van der Waals surface area (Å²) in [6.07, 6.45) is 0. The van der Waals surface area contributed by atoms with E-state index in [0.717, 1.165) is 0 Å². The highest BCUT2D eigenvalue weighted by atomic mass is 32.1. The number of aromatic nitrogens is 1. The van der Waals surface area contributed by atoms with E-state index in [4.69, 9.17) is 0 Å². The summed E-state index contributed by atoms with van der Waals surface area (Å²) in [5, 5.41) is 13.1. The van der Waals surface area contributed by atoms with E-state index in [0.29, 0.717) is 0 Å². The van der Waals surface area contributed by atoms with E-state index in [1.54, 1.807) is 0 Å². The van der Waals surface area contributed by atoms with Gasteiger partial charge < -0.3 is 4.57 Å². The summed E-state index contributed by atoms with van der Waals surface area (Å²) in [4.78, 5) is 0. The smallest absolute Gasteiger partial charge is 0.0719 e. The van der Waals surface area contributed by atoms with Crippen LogP contribution in [0, 0.1) is 0 Å². The van der Waals surface area contributed by atoms with Gasteiger partial charge in [-0.25, -0.2) is 0 Å². The largest absolute Gasteiger partial charge is 0.308 e. The van der Waals surface area contributed by atoms with Crippen molar-refractivity contribution in [3.63, 3.8) is 0 Å². The molecule has 1 nitrogen and oxygen atoms in total. The average molecular weight is 500 g/mol. The molecule has 0 spiro atoms. The van der Waals surface area contributed by atoms with Gasteiger partial charge in [0.05, 0.1) is 15.7 Å². The van der Waals surface area contributed by atoms with Crippen LogP contribution in [-0.4, -0.2) is 4.57 Å². The second-order valence-corrected chi connectivity index (χ2v) is 11.2. The van der Waals surface area contributed by atoms with Crippen LogP contribution in [-0.2, 0) is 0 Å². The number of fused-ring (bicyclic) bond motifs is 13. The number of thiophene rings is 1. The van der Waals surface area contributed by atoms with Gasteiger partial charge in [0.2, 0.25) is 0 Å². The fraction of sp³-hybridized carbons (Fsp3) is 0. The molecule has 2 aromatic heterocycles. The lowest BCUT2D eigenvalue weighted by molar-refractivity contribution is 1.19. The molecule has 0 N–H and O–H groups in total. The highest BCUT2D eigenvalue weighted by Crippen LogP contribution is 2.43. The molecule has 0 saturated heterocycles. The molecular formula is C36H21NS. The zero-order chi connectivity index (χ0) is 24.8. The first-order valence-corrected chi connectivity index (χ1v) is 13.9. The number of rotatable bonds is 1. The number of benzene rings is 7. The SMILES string of the molecule is c1ccc2c(c1)sc1c2ccc2c3ccccc3n(-c3ccc4c5ccccc5c5ccccc5c4c3)c21. The molecule has 0 aliphatic carbocycles. The molecular weight excluding hydrogens is 478 g/mol. The maximum Gasteiger partial charge on any atom is 0.0719 e. The van der Waals surface area contributed by atoms with E-state index >= 15 is 0 Å². The van der Waals surface area contributed by atoms with E-state index in [1.807, 2.05) is 11.3 Å². The molecule has 9 rings (SSSR count). The number of nitrogens with zero attached hydrogens (tertiary/aromatic N) is 1. The van der Waals surface area contributed by atoms with Crippen LogP contribution in [0.15, 0.2) is 127 Å². The van der Waals surface area contributed by atoms with Gasteiger partial charge in [-0.3, -0.25) is 0 Å². The van der Waals surface area contributed by atoms with Crippen molar-refractivity contribution in [1.29, 1.82) is 0 Å². The van der Waals surface area contributed by atoms with Crippen LogP contribution < -0.4 is 0 Å². The van der Waals surface area contributed by atoms with E-state index in [-0.39, 0.29) is 0 Å². The second-order valence-electron chi connectivity index (χ2n) is 10.1. The zero-order valence-corrected chi connectivity index (χ0v) is 21.3. The molecule has 0 saturated carbocycles. The van der Waals surface area contributed by atoms with Crippen molar-refractivity contribution in [2.24, 2.45) is 0 Å². The van der Waals surface area contributed by atoms with Crippen molar-refractivity contribution >= 4 is 85.6 Å². The predicted octanol–water partition coefficient (Wildman–Crippen LogP) is 10.6. The Labute approximate surface area is 222 Å². The molecule has 2 heterocycles. The maximum absolute atomic E-state index is 2.49. The van der Waals surface area contributed by atoms with Crippen molar-refractivity contribution in [3.05, 3.63) is 127 Å². The standard InChI is InChI=1S/C36H21NS/c1-2-11-25-23(9-1)24-10-3-4-12-26(24)32-21-22(17-18-27(25)32)37-33-15-7-5-13-28(33)30-19-20-31-29-14-6-8-16-34(29)38-36(31)35(30)37/h1-21H. The molecule has 0 aliphatic heterocycles. The van der Waals surface area contributed by atoms with E-state index in [9.17, 15) is 0 Å². The lowest BCUT2D eigenvalue weighted by atomic mass is 9.94. The fourth-order valence-corrected chi connectivity index (χ4v) is 7.77. The van der Waals surface area contributed by atoms with Crippen molar-refractivity contribution < 1.29 is 0 Å². The number of hydrogen-bond donors (Lipinski definition) is 0. The minimum Gasteiger partial charge on any atom is -0.308 e. The topological polar surface area (TPSA) is 4.93 Å². The first-order chi connectivity index (χ1) is 18.9. The van der Waals surface area contributed by atoms with Crippen molar-refractivity contribution in [1.82, 2.24) is 4.57 Å². The molecule has 0 aliphatic rings. The van der Waals surface area contributed by atoms with E-state index in [2.05, 4.69) is 132 Å². The Morgan fingerprint density at radius 1 is 0.395 bits per heavy atom. The number of hydrogen-bond acceptors (Lipinski definition) is 1. The summed E-state index contributed by atoms with van der Waals surface area (Å²) in [5.41, 5.74) is 3.75. The molecule has 9 aromatic rings. The van der Waals surface area contributed by atoms with Crippen LogP contribution in [0.5, 0.6) is 0 Å². The Hall–Kier alpha value is -4.66. The fourth-order valence-electron chi connectivity index (χ4n) is 6.53. The van der Waals surface area contributed by atoms with Gasteiger partial charge >= 0.3 is 0 Å². The summed E-state index contributed by atoms with van der Waals surface area (Å²) >= 11 is 1.90. The first-order valence-electron chi connectivity index (χ1n) is 13.0. The highest BCUT2D eigenvalue weighted by molar-refractivity contribution is 7.26. The van der Waals surface area contributed by atoms with Crippen LogP contribution in [0.2, 0.25) is 0 Å². The summed E-state index contributed by atoms with van der Waals surface area (Å²) in [6.45, 7) is 0. The van der Waals surface area contributed by atoms with Crippen LogP contribution in [0.25, 0.3) is 80.0 Å². The van der Waals surface area contributed by atoms with Gasteiger partial charge in [0, 0.05) is 31.9 Å². The minimum absolute atomic E-state index is 1.20. The minimum atomic E-state index is 1.20. The van der Waals surface area contributed by atoms with Crippen molar-refractivity contribution in [2.45, 2.75) is 0 Å². The summed E-state index contributed by atoms with van der Waals surface area (Å²) in [7, 11) is 0. The van der Waals surface area contributed by atoms with Crippen molar-refractivity contribution in [3.8, 4) is 5.69 Å². The van der Waals surface area contributed by atoms with Gasteiger partial charge in [0.1, 0.15) is 0 Å². The average Bonchev–Trinajstić information content (AvgIpc) is 3.53. The molecule has 0 bridgehead atoms. The summed E-state index contributed by atoms with van der Waals surface area (Å²) < 4.78 is 5.18. The Morgan fingerprint density at radius 3 is 1.66 bits per heavy atom.